The maximum Gasteiger partial charge on any atom is 0.136 e. The van der Waals surface area contributed by atoms with Gasteiger partial charge in [0.2, 0.25) is 0 Å². The minimum Gasteiger partial charge on any atom is -0.384 e. The van der Waals surface area contributed by atoms with Crippen molar-refractivity contribution in [2.75, 3.05) is 17.7 Å². The zero-order valence-corrected chi connectivity index (χ0v) is 11.9. The molecule has 0 unspecified atom stereocenters. The molecule has 1 aliphatic rings. The first kappa shape index (κ1) is 12.3. The summed E-state index contributed by atoms with van der Waals surface area (Å²) in [4.78, 5) is 15.5. The van der Waals surface area contributed by atoms with Crippen molar-refractivity contribution in [2.24, 2.45) is 0 Å². The molecule has 100 valence electrons. The smallest absolute Gasteiger partial charge is 0.136 e. The van der Waals surface area contributed by atoms with Crippen molar-refractivity contribution < 1.29 is 0 Å². The van der Waals surface area contributed by atoms with Crippen LogP contribution in [0, 0.1) is 6.92 Å². The maximum atomic E-state index is 5.87. The molecule has 5 nitrogen and oxygen atoms in total. The molecule has 0 saturated heterocycles. The number of aryl methyl sites for hydroxylation is 1. The summed E-state index contributed by atoms with van der Waals surface area (Å²) in [5.74, 6) is 2.82. The number of hydrogen-bond donors (Lipinski definition) is 1. The van der Waals surface area contributed by atoms with E-state index in [1.54, 1.807) is 11.3 Å². The third-order valence-corrected chi connectivity index (χ3v) is 3.97. The quantitative estimate of drug-likeness (QED) is 0.927. The van der Waals surface area contributed by atoms with Crippen LogP contribution in [0.25, 0.3) is 0 Å². The summed E-state index contributed by atoms with van der Waals surface area (Å²) in [5.41, 5.74) is 6.93. The Bertz CT molecular complexity index is 590. The monoisotopic (exact) mass is 275 g/mol. The van der Waals surface area contributed by atoms with Crippen LogP contribution in [0.1, 0.15) is 35.3 Å². The third kappa shape index (κ3) is 2.84. The van der Waals surface area contributed by atoms with Crippen molar-refractivity contribution in [1.29, 1.82) is 0 Å². The molecular formula is C13H17N5S. The van der Waals surface area contributed by atoms with Gasteiger partial charge in [-0.2, -0.15) is 0 Å². The fraction of sp³-hybridized carbons (Fsp3) is 0.462. The molecule has 2 aromatic rings. The van der Waals surface area contributed by atoms with Crippen molar-refractivity contribution in [2.45, 2.75) is 32.2 Å². The lowest BCUT2D eigenvalue weighted by Crippen LogP contribution is -2.19. The first-order chi connectivity index (χ1) is 9.11. The number of nitrogens with two attached hydrogens (primary N) is 1. The van der Waals surface area contributed by atoms with Gasteiger partial charge >= 0.3 is 0 Å². The highest BCUT2D eigenvalue weighted by Crippen LogP contribution is 2.38. The second kappa shape index (κ2) is 4.77. The Morgan fingerprint density at radius 3 is 2.79 bits per heavy atom. The largest absolute Gasteiger partial charge is 0.384 e. The van der Waals surface area contributed by atoms with E-state index in [0.717, 1.165) is 28.9 Å². The van der Waals surface area contributed by atoms with Gasteiger partial charge in [0.15, 0.2) is 0 Å². The fourth-order valence-electron chi connectivity index (χ4n) is 2.00. The molecule has 2 N–H and O–H groups in total. The highest BCUT2D eigenvalue weighted by atomic mass is 32.1. The number of anilines is 2. The Hall–Kier alpha value is -1.69. The molecule has 0 spiro atoms. The molecule has 0 bridgehead atoms. The molecular weight excluding hydrogens is 258 g/mol. The lowest BCUT2D eigenvalue weighted by Gasteiger charge is -2.17. The van der Waals surface area contributed by atoms with E-state index in [-0.39, 0.29) is 0 Å². The average Bonchev–Trinajstić information content (AvgIpc) is 3.13. The van der Waals surface area contributed by atoms with Crippen LogP contribution in [0.5, 0.6) is 0 Å². The summed E-state index contributed by atoms with van der Waals surface area (Å²) in [6.45, 7) is 2.76. The van der Waals surface area contributed by atoms with Gasteiger partial charge in [-0.3, -0.25) is 0 Å². The van der Waals surface area contributed by atoms with E-state index in [4.69, 9.17) is 5.73 Å². The van der Waals surface area contributed by atoms with Gasteiger partial charge in [0.1, 0.15) is 17.5 Å². The summed E-state index contributed by atoms with van der Waals surface area (Å²) in [6, 6.07) is 1.82. The number of thiazole rings is 1. The molecule has 1 fully saturated rings. The topological polar surface area (TPSA) is 67.9 Å². The molecule has 2 aromatic heterocycles. The molecule has 0 aromatic carbocycles. The van der Waals surface area contributed by atoms with E-state index < -0.39 is 0 Å². The Morgan fingerprint density at radius 2 is 2.16 bits per heavy atom. The summed E-state index contributed by atoms with van der Waals surface area (Å²) < 4.78 is 0. The number of rotatable bonds is 4. The zero-order valence-electron chi connectivity index (χ0n) is 11.1. The first-order valence-corrected chi connectivity index (χ1v) is 7.26. The SMILES string of the molecule is Cc1nc(CN(C)c2cc(N)nc(C3CC3)n2)cs1. The van der Waals surface area contributed by atoms with Crippen LogP contribution in [-0.4, -0.2) is 22.0 Å². The molecule has 0 aliphatic heterocycles. The predicted molar refractivity (Wildman–Crippen MR) is 77.4 cm³/mol. The number of aromatic nitrogens is 3. The summed E-state index contributed by atoms with van der Waals surface area (Å²) in [6.07, 6.45) is 2.36. The Morgan fingerprint density at radius 1 is 1.37 bits per heavy atom. The van der Waals surface area contributed by atoms with Crippen LogP contribution in [0.2, 0.25) is 0 Å². The van der Waals surface area contributed by atoms with E-state index >= 15 is 0 Å². The van der Waals surface area contributed by atoms with Crippen molar-refractivity contribution >= 4 is 23.0 Å². The zero-order chi connectivity index (χ0) is 13.4. The van der Waals surface area contributed by atoms with Gasteiger partial charge < -0.3 is 10.6 Å². The second-order valence-corrected chi connectivity index (χ2v) is 6.06. The van der Waals surface area contributed by atoms with E-state index in [0.29, 0.717) is 11.7 Å². The standard InChI is InChI=1S/C13H17N5S/c1-8-15-10(7-19-8)6-18(2)12-5-11(14)16-13(17-12)9-3-4-9/h5,7,9H,3-4,6H2,1-2H3,(H2,14,16,17). The van der Waals surface area contributed by atoms with Gasteiger partial charge in [-0.25, -0.2) is 15.0 Å². The summed E-state index contributed by atoms with van der Waals surface area (Å²) >= 11 is 1.67. The van der Waals surface area contributed by atoms with Gasteiger partial charge in [0.25, 0.3) is 0 Å². The number of nitrogen functional groups attached to an aromatic ring is 1. The first-order valence-electron chi connectivity index (χ1n) is 6.38. The molecule has 1 aliphatic carbocycles. The highest BCUT2D eigenvalue weighted by molar-refractivity contribution is 7.09. The summed E-state index contributed by atoms with van der Waals surface area (Å²) in [5, 5.41) is 3.17. The summed E-state index contributed by atoms with van der Waals surface area (Å²) in [7, 11) is 2.01. The lowest BCUT2D eigenvalue weighted by molar-refractivity contribution is 0.841. The third-order valence-electron chi connectivity index (χ3n) is 3.15. The fourth-order valence-corrected chi connectivity index (χ4v) is 2.60. The van der Waals surface area contributed by atoms with Gasteiger partial charge in [0, 0.05) is 24.4 Å². The van der Waals surface area contributed by atoms with Crippen molar-refractivity contribution in [1.82, 2.24) is 15.0 Å². The van der Waals surface area contributed by atoms with Crippen molar-refractivity contribution in [3.8, 4) is 0 Å². The normalized spacial score (nSPS) is 14.6. The van der Waals surface area contributed by atoms with E-state index in [1.807, 2.05) is 20.0 Å². The number of hydrogen-bond acceptors (Lipinski definition) is 6. The van der Waals surface area contributed by atoms with E-state index in [2.05, 4.69) is 25.2 Å². The lowest BCUT2D eigenvalue weighted by atomic mass is 10.3. The van der Waals surface area contributed by atoms with Crippen LogP contribution in [0.3, 0.4) is 0 Å². The van der Waals surface area contributed by atoms with Crippen LogP contribution < -0.4 is 10.6 Å². The van der Waals surface area contributed by atoms with Gasteiger partial charge in [0.05, 0.1) is 17.2 Å². The van der Waals surface area contributed by atoms with Crippen LogP contribution in [0.15, 0.2) is 11.4 Å². The van der Waals surface area contributed by atoms with Crippen LogP contribution >= 0.6 is 11.3 Å². The maximum absolute atomic E-state index is 5.87. The molecule has 0 radical (unpaired) electrons. The molecule has 2 heterocycles. The molecule has 1 saturated carbocycles. The Kier molecular flexibility index (Phi) is 3.10. The second-order valence-electron chi connectivity index (χ2n) is 5.00. The Labute approximate surface area is 116 Å². The average molecular weight is 275 g/mol. The highest BCUT2D eigenvalue weighted by Gasteiger charge is 2.27. The molecule has 6 heteroatoms. The van der Waals surface area contributed by atoms with Crippen LogP contribution in [0.4, 0.5) is 11.6 Å². The molecule has 0 amide bonds. The van der Waals surface area contributed by atoms with Crippen LogP contribution in [-0.2, 0) is 6.54 Å². The van der Waals surface area contributed by atoms with Gasteiger partial charge in [-0.1, -0.05) is 0 Å². The van der Waals surface area contributed by atoms with Gasteiger partial charge in [-0.15, -0.1) is 11.3 Å². The predicted octanol–water partition coefficient (Wildman–Crippen LogP) is 2.34. The van der Waals surface area contributed by atoms with E-state index in [9.17, 15) is 0 Å². The Balaban J connectivity index is 1.80. The molecule has 3 rings (SSSR count). The van der Waals surface area contributed by atoms with E-state index in [1.165, 1.54) is 12.8 Å². The number of nitrogens with zero attached hydrogens (tertiary/aromatic N) is 4. The van der Waals surface area contributed by atoms with Gasteiger partial charge in [-0.05, 0) is 19.8 Å². The van der Waals surface area contributed by atoms with Crippen molar-refractivity contribution in [3.05, 3.63) is 28.0 Å². The molecule has 0 atom stereocenters. The minimum atomic E-state index is 0.511. The van der Waals surface area contributed by atoms with Crippen molar-refractivity contribution in [3.63, 3.8) is 0 Å². The minimum absolute atomic E-state index is 0.511. The molecule has 19 heavy (non-hydrogen) atoms.